The van der Waals surface area contributed by atoms with Crippen LogP contribution in [-0.2, 0) is 10.0 Å². The van der Waals surface area contributed by atoms with E-state index >= 15 is 0 Å². The smallest absolute Gasteiger partial charge is 0.263 e. The number of rotatable bonds is 4. The highest BCUT2D eigenvalue weighted by Crippen LogP contribution is 2.29. The molecule has 124 valence electrons. The van der Waals surface area contributed by atoms with Crippen LogP contribution in [0.4, 0.5) is 5.82 Å². The van der Waals surface area contributed by atoms with Gasteiger partial charge in [-0.15, -0.1) is 0 Å². The fourth-order valence-electron chi connectivity index (χ4n) is 1.96. The SMILES string of the molecule is Cc1cc(S(=O)(=O)Nc2cc(-n3cccn3)ncn2)c(Cl)cc1Cl. The number of nitrogens with one attached hydrogen (secondary N) is 1. The van der Waals surface area contributed by atoms with E-state index in [1.165, 1.54) is 29.2 Å². The normalized spacial score (nSPS) is 11.5. The minimum absolute atomic E-state index is 0.0273. The van der Waals surface area contributed by atoms with Crippen LogP contribution in [0, 0.1) is 6.92 Å². The Balaban J connectivity index is 1.96. The lowest BCUT2D eigenvalue weighted by Gasteiger charge is -2.11. The molecule has 0 radical (unpaired) electrons. The van der Waals surface area contributed by atoms with Gasteiger partial charge in [-0.2, -0.15) is 5.10 Å². The van der Waals surface area contributed by atoms with Crippen LogP contribution in [0.5, 0.6) is 0 Å². The summed E-state index contributed by atoms with van der Waals surface area (Å²) in [6, 6.07) is 5.98. The first-order chi connectivity index (χ1) is 11.4. The number of hydrogen-bond acceptors (Lipinski definition) is 5. The van der Waals surface area contributed by atoms with Crippen LogP contribution in [-0.4, -0.2) is 28.2 Å². The Hall–Kier alpha value is -2.16. The Kier molecular flexibility index (Phi) is 4.44. The predicted octanol–water partition coefficient (Wildman–Crippen LogP) is 3.08. The third-order valence-electron chi connectivity index (χ3n) is 3.13. The Labute approximate surface area is 148 Å². The molecule has 2 heterocycles. The van der Waals surface area contributed by atoms with Gasteiger partial charge >= 0.3 is 0 Å². The van der Waals surface area contributed by atoms with E-state index in [4.69, 9.17) is 23.2 Å². The van der Waals surface area contributed by atoms with Crippen LogP contribution in [0.1, 0.15) is 5.56 Å². The van der Waals surface area contributed by atoms with Crippen molar-refractivity contribution in [2.45, 2.75) is 11.8 Å². The van der Waals surface area contributed by atoms with E-state index in [9.17, 15) is 8.42 Å². The number of benzene rings is 1. The van der Waals surface area contributed by atoms with Gasteiger partial charge in [0.25, 0.3) is 10.0 Å². The van der Waals surface area contributed by atoms with Gasteiger partial charge in [0, 0.05) is 23.5 Å². The molecule has 0 spiro atoms. The third kappa shape index (κ3) is 3.35. The second-order valence-electron chi connectivity index (χ2n) is 4.85. The number of halogens is 2. The molecule has 0 unspecified atom stereocenters. The van der Waals surface area contributed by atoms with Crippen LogP contribution in [0.2, 0.25) is 10.0 Å². The second kappa shape index (κ2) is 6.39. The van der Waals surface area contributed by atoms with Crippen LogP contribution >= 0.6 is 23.2 Å². The lowest BCUT2D eigenvalue weighted by atomic mass is 10.2. The number of sulfonamides is 1. The molecule has 0 fully saturated rings. The molecule has 0 aliphatic carbocycles. The number of aryl methyl sites for hydroxylation is 1. The zero-order valence-corrected chi connectivity index (χ0v) is 14.6. The lowest BCUT2D eigenvalue weighted by Crippen LogP contribution is -2.15. The first-order valence-corrected chi connectivity index (χ1v) is 8.91. The van der Waals surface area contributed by atoms with Crippen molar-refractivity contribution in [1.29, 1.82) is 0 Å². The topological polar surface area (TPSA) is 89.8 Å². The van der Waals surface area contributed by atoms with Crippen molar-refractivity contribution in [3.05, 3.63) is 58.6 Å². The molecule has 0 atom stereocenters. The molecule has 0 bridgehead atoms. The summed E-state index contributed by atoms with van der Waals surface area (Å²) in [4.78, 5) is 7.88. The van der Waals surface area contributed by atoms with Gasteiger partial charge in [-0.1, -0.05) is 23.2 Å². The number of hydrogen-bond donors (Lipinski definition) is 1. The lowest BCUT2D eigenvalue weighted by molar-refractivity contribution is 0.601. The van der Waals surface area contributed by atoms with E-state index in [-0.39, 0.29) is 15.7 Å². The van der Waals surface area contributed by atoms with E-state index in [1.54, 1.807) is 25.4 Å². The standard InChI is InChI=1S/C14H11Cl2N5O2S/c1-9-5-12(11(16)6-10(9)15)24(22,23)20-13-7-14(18-8-17-13)21-4-2-3-19-21/h2-8H,1H3,(H,17,18,20). The Morgan fingerprint density at radius 1 is 1.12 bits per heavy atom. The predicted molar refractivity (Wildman–Crippen MR) is 91.2 cm³/mol. The molecule has 3 aromatic rings. The van der Waals surface area contributed by atoms with Gasteiger partial charge < -0.3 is 0 Å². The average Bonchev–Trinajstić information content (AvgIpc) is 3.05. The van der Waals surface area contributed by atoms with Gasteiger partial charge in [-0.25, -0.2) is 23.1 Å². The summed E-state index contributed by atoms with van der Waals surface area (Å²) in [5, 5.41) is 4.45. The minimum Gasteiger partial charge on any atom is -0.263 e. The van der Waals surface area contributed by atoms with Crippen molar-refractivity contribution >= 4 is 39.0 Å². The molecule has 0 saturated heterocycles. The van der Waals surface area contributed by atoms with E-state index in [0.29, 0.717) is 16.4 Å². The highest BCUT2D eigenvalue weighted by atomic mass is 35.5. The Bertz CT molecular complexity index is 990. The molecule has 2 aromatic heterocycles. The van der Waals surface area contributed by atoms with Crippen LogP contribution in [0.25, 0.3) is 5.82 Å². The number of aromatic nitrogens is 4. The molecule has 3 rings (SSSR count). The van der Waals surface area contributed by atoms with Gasteiger partial charge in [0.2, 0.25) is 0 Å². The second-order valence-corrected chi connectivity index (χ2v) is 7.31. The van der Waals surface area contributed by atoms with Crippen LogP contribution < -0.4 is 4.72 Å². The molecule has 1 aromatic carbocycles. The average molecular weight is 384 g/mol. The largest absolute Gasteiger partial charge is 0.264 e. The molecule has 1 N–H and O–H groups in total. The molecule has 0 aliphatic rings. The maximum Gasteiger partial charge on any atom is 0.264 e. The monoisotopic (exact) mass is 383 g/mol. The molecule has 10 heteroatoms. The highest BCUT2D eigenvalue weighted by molar-refractivity contribution is 7.92. The summed E-state index contributed by atoms with van der Waals surface area (Å²) in [7, 11) is -3.93. The summed E-state index contributed by atoms with van der Waals surface area (Å²) >= 11 is 12.0. The fraction of sp³-hybridized carbons (Fsp3) is 0.0714. The summed E-state index contributed by atoms with van der Waals surface area (Å²) in [6.07, 6.45) is 4.51. The van der Waals surface area contributed by atoms with Crippen molar-refractivity contribution in [2.24, 2.45) is 0 Å². The maximum atomic E-state index is 12.6. The summed E-state index contributed by atoms with van der Waals surface area (Å²) in [5.41, 5.74) is 0.598. The van der Waals surface area contributed by atoms with Gasteiger partial charge in [0.15, 0.2) is 5.82 Å². The third-order valence-corrected chi connectivity index (χ3v) is 5.36. The molecular formula is C14H11Cl2N5O2S. The Morgan fingerprint density at radius 3 is 2.62 bits per heavy atom. The molecule has 0 amide bonds. The number of nitrogens with zero attached hydrogens (tertiary/aromatic N) is 4. The van der Waals surface area contributed by atoms with Gasteiger partial charge in [-0.05, 0) is 30.7 Å². The van der Waals surface area contributed by atoms with Crippen LogP contribution in [0.3, 0.4) is 0 Å². The molecule has 0 saturated carbocycles. The number of anilines is 1. The summed E-state index contributed by atoms with van der Waals surface area (Å²) in [5.74, 6) is 0.519. The van der Waals surface area contributed by atoms with Gasteiger partial charge in [0.05, 0.1) is 5.02 Å². The van der Waals surface area contributed by atoms with Gasteiger partial charge in [0.1, 0.15) is 17.0 Å². The Morgan fingerprint density at radius 2 is 1.92 bits per heavy atom. The van der Waals surface area contributed by atoms with Crippen molar-refractivity contribution < 1.29 is 8.42 Å². The summed E-state index contributed by atoms with van der Waals surface area (Å²) < 4.78 is 29.0. The van der Waals surface area contributed by atoms with Gasteiger partial charge in [-0.3, -0.25) is 4.72 Å². The maximum absolute atomic E-state index is 12.6. The quantitative estimate of drug-likeness (QED) is 0.747. The van der Waals surface area contributed by atoms with Crippen molar-refractivity contribution in [2.75, 3.05) is 4.72 Å². The van der Waals surface area contributed by atoms with Crippen molar-refractivity contribution in [3.63, 3.8) is 0 Å². The van der Waals surface area contributed by atoms with Crippen molar-refractivity contribution in [3.8, 4) is 5.82 Å². The zero-order chi connectivity index (χ0) is 17.3. The highest BCUT2D eigenvalue weighted by Gasteiger charge is 2.20. The fourth-order valence-corrected chi connectivity index (χ4v) is 3.79. The van der Waals surface area contributed by atoms with Crippen LogP contribution in [0.15, 0.2) is 47.9 Å². The zero-order valence-electron chi connectivity index (χ0n) is 12.3. The molecular weight excluding hydrogens is 373 g/mol. The summed E-state index contributed by atoms with van der Waals surface area (Å²) in [6.45, 7) is 1.69. The van der Waals surface area contributed by atoms with Crippen molar-refractivity contribution in [1.82, 2.24) is 19.7 Å². The minimum atomic E-state index is -3.93. The van der Waals surface area contributed by atoms with E-state index in [0.717, 1.165) is 0 Å². The first kappa shape index (κ1) is 16.7. The first-order valence-electron chi connectivity index (χ1n) is 6.67. The van der Waals surface area contributed by atoms with E-state index in [1.807, 2.05) is 0 Å². The molecule has 24 heavy (non-hydrogen) atoms. The van der Waals surface area contributed by atoms with E-state index < -0.39 is 10.0 Å². The van der Waals surface area contributed by atoms with E-state index in [2.05, 4.69) is 19.8 Å². The molecule has 0 aliphatic heterocycles. The molecule has 7 nitrogen and oxygen atoms in total.